The number of carbonyl (C=O) groups excluding carboxylic acids is 1. The van der Waals surface area contributed by atoms with Gasteiger partial charge in [0.2, 0.25) is 5.91 Å². The van der Waals surface area contributed by atoms with E-state index in [1.54, 1.807) is 6.92 Å². The fourth-order valence-electron chi connectivity index (χ4n) is 3.80. The average molecular weight is 381 g/mol. The quantitative estimate of drug-likeness (QED) is 0.743. The Morgan fingerprint density at radius 3 is 2.21 bits per heavy atom. The van der Waals surface area contributed by atoms with E-state index in [1.807, 2.05) is 6.92 Å². The standard InChI is InChI=1S/C24H32N2O2/c1-19(25-20(2)27)18-21-6-8-22(9-7-21)23-10-12-24(13-11-23)28-17-16-26-14-4-3-5-15-26/h6-13,19H,3-5,14-18H2,1-2H3,(H,25,27). The predicted octanol–water partition coefficient (Wildman–Crippen LogP) is 4.29. The Bertz CT molecular complexity index is 734. The number of hydrogen-bond acceptors (Lipinski definition) is 3. The molecule has 150 valence electrons. The van der Waals surface area contributed by atoms with Crippen LogP contribution in [0.3, 0.4) is 0 Å². The maximum absolute atomic E-state index is 11.1. The Balaban J connectivity index is 1.49. The molecular formula is C24H32N2O2. The monoisotopic (exact) mass is 380 g/mol. The van der Waals surface area contributed by atoms with E-state index in [1.165, 1.54) is 49.0 Å². The minimum atomic E-state index is 0.0161. The lowest BCUT2D eigenvalue weighted by Crippen LogP contribution is -2.33. The van der Waals surface area contributed by atoms with Gasteiger partial charge < -0.3 is 10.1 Å². The lowest BCUT2D eigenvalue weighted by atomic mass is 10.0. The van der Waals surface area contributed by atoms with E-state index in [-0.39, 0.29) is 11.9 Å². The molecule has 0 radical (unpaired) electrons. The summed E-state index contributed by atoms with van der Waals surface area (Å²) in [6.07, 6.45) is 4.84. The largest absolute Gasteiger partial charge is 0.492 e. The van der Waals surface area contributed by atoms with Crippen LogP contribution in [0.5, 0.6) is 5.75 Å². The van der Waals surface area contributed by atoms with Crippen LogP contribution in [0, 0.1) is 0 Å². The van der Waals surface area contributed by atoms with Crippen molar-refractivity contribution in [1.29, 1.82) is 0 Å². The first-order chi connectivity index (χ1) is 13.6. The summed E-state index contributed by atoms with van der Waals surface area (Å²) in [6.45, 7) is 7.77. The van der Waals surface area contributed by atoms with Crippen molar-refractivity contribution in [2.75, 3.05) is 26.2 Å². The Hall–Kier alpha value is -2.33. The van der Waals surface area contributed by atoms with Gasteiger partial charge >= 0.3 is 0 Å². The van der Waals surface area contributed by atoms with Crippen LogP contribution in [0.1, 0.15) is 38.7 Å². The van der Waals surface area contributed by atoms with Crippen molar-refractivity contribution in [2.24, 2.45) is 0 Å². The van der Waals surface area contributed by atoms with Gasteiger partial charge in [-0.3, -0.25) is 9.69 Å². The van der Waals surface area contributed by atoms with Crippen LogP contribution in [0.15, 0.2) is 48.5 Å². The summed E-state index contributed by atoms with van der Waals surface area (Å²) in [5, 5.41) is 2.93. The molecule has 1 aliphatic rings. The molecule has 0 bridgehead atoms. The molecule has 1 aliphatic heterocycles. The van der Waals surface area contributed by atoms with Gasteiger partial charge in [-0.1, -0.05) is 42.8 Å². The molecule has 1 atom stereocenters. The summed E-state index contributed by atoms with van der Waals surface area (Å²) < 4.78 is 5.92. The Morgan fingerprint density at radius 2 is 1.61 bits per heavy atom. The predicted molar refractivity (Wildman–Crippen MR) is 115 cm³/mol. The highest BCUT2D eigenvalue weighted by atomic mass is 16.5. The van der Waals surface area contributed by atoms with Gasteiger partial charge in [-0.2, -0.15) is 0 Å². The summed E-state index contributed by atoms with van der Waals surface area (Å²) in [6, 6.07) is 17.0. The number of benzene rings is 2. The Kier molecular flexibility index (Phi) is 7.49. The van der Waals surface area contributed by atoms with Crippen molar-refractivity contribution in [3.05, 3.63) is 54.1 Å². The van der Waals surface area contributed by atoms with Crippen molar-refractivity contribution >= 4 is 5.91 Å². The summed E-state index contributed by atoms with van der Waals surface area (Å²) in [5.41, 5.74) is 3.60. The molecule has 0 aliphatic carbocycles. The molecule has 1 heterocycles. The van der Waals surface area contributed by atoms with Gasteiger partial charge in [0, 0.05) is 19.5 Å². The molecule has 0 saturated carbocycles. The third-order valence-corrected chi connectivity index (χ3v) is 5.26. The second kappa shape index (κ2) is 10.3. The van der Waals surface area contributed by atoms with Gasteiger partial charge in [0.15, 0.2) is 0 Å². The van der Waals surface area contributed by atoms with Crippen molar-refractivity contribution in [2.45, 2.75) is 45.6 Å². The zero-order valence-electron chi connectivity index (χ0n) is 17.1. The van der Waals surface area contributed by atoms with Gasteiger partial charge in [0.25, 0.3) is 0 Å². The molecule has 3 rings (SSSR count). The number of piperidine rings is 1. The number of ether oxygens (including phenoxy) is 1. The van der Waals surface area contributed by atoms with Crippen LogP contribution in [-0.4, -0.2) is 43.1 Å². The van der Waals surface area contributed by atoms with Gasteiger partial charge in [0.05, 0.1) is 0 Å². The minimum Gasteiger partial charge on any atom is -0.492 e. The van der Waals surface area contributed by atoms with Crippen LogP contribution in [-0.2, 0) is 11.2 Å². The molecule has 2 aromatic rings. The number of likely N-dealkylation sites (tertiary alicyclic amines) is 1. The van der Waals surface area contributed by atoms with E-state index in [9.17, 15) is 4.79 Å². The molecular weight excluding hydrogens is 348 g/mol. The highest BCUT2D eigenvalue weighted by molar-refractivity contribution is 5.73. The van der Waals surface area contributed by atoms with E-state index in [0.717, 1.165) is 25.3 Å². The third kappa shape index (κ3) is 6.38. The topological polar surface area (TPSA) is 41.6 Å². The molecule has 28 heavy (non-hydrogen) atoms. The van der Waals surface area contributed by atoms with Gasteiger partial charge in [-0.25, -0.2) is 0 Å². The van der Waals surface area contributed by atoms with E-state index < -0.39 is 0 Å². The number of carbonyl (C=O) groups is 1. The molecule has 4 heteroatoms. The second-order valence-electron chi connectivity index (χ2n) is 7.78. The first-order valence-corrected chi connectivity index (χ1v) is 10.4. The fourth-order valence-corrected chi connectivity index (χ4v) is 3.80. The molecule has 1 saturated heterocycles. The van der Waals surface area contributed by atoms with Crippen molar-refractivity contribution < 1.29 is 9.53 Å². The van der Waals surface area contributed by atoms with E-state index in [2.05, 4.69) is 58.7 Å². The summed E-state index contributed by atoms with van der Waals surface area (Å²) in [5.74, 6) is 0.948. The molecule has 1 fully saturated rings. The van der Waals surface area contributed by atoms with Gasteiger partial charge in [-0.05, 0) is 68.1 Å². The second-order valence-corrected chi connectivity index (χ2v) is 7.78. The molecule has 2 aromatic carbocycles. The fraction of sp³-hybridized carbons (Fsp3) is 0.458. The van der Waals surface area contributed by atoms with Crippen LogP contribution in [0.2, 0.25) is 0 Å². The number of hydrogen-bond donors (Lipinski definition) is 1. The SMILES string of the molecule is CC(=O)NC(C)Cc1ccc(-c2ccc(OCCN3CCCCC3)cc2)cc1. The smallest absolute Gasteiger partial charge is 0.217 e. The normalized spacial score (nSPS) is 15.8. The average Bonchev–Trinajstić information content (AvgIpc) is 2.69. The molecule has 4 nitrogen and oxygen atoms in total. The van der Waals surface area contributed by atoms with Gasteiger partial charge in [0.1, 0.15) is 12.4 Å². The van der Waals surface area contributed by atoms with Crippen LogP contribution < -0.4 is 10.1 Å². The lowest BCUT2D eigenvalue weighted by Gasteiger charge is -2.26. The number of nitrogens with one attached hydrogen (secondary N) is 1. The first-order valence-electron chi connectivity index (χ1n) is 10.4. The molecule has 1 N–H and O–H groups in total. The van der Waals surface area contributed by atoms with Crippen molar-refractivity contribution in [3.63, 3.8) is 0 Å². The van der Waals surface area contributed by atoms with E-state index >= 15 is 0 Å². The van der Waals surface area contributed by atoms with Crippen LogP contribution >= 0.6 is 0 Å². The lowest BCUT2D eigenvalue weighted by molar-refractivity contribution is -0.119. The summed E-state index contributed by atoms with van der Waals surface area (Å²) in [4.78, 5) is 13.6. The number of nitrogens with zero attached hydrogens (tertiary/aromatic N) is 1. The van der Waals surface area contributed by atoms with Crippen LogP contribution in [0.4, 0.5) is 0 Å². The molecule has 0 spiro atoms. The minimum absolute atomic E-state index is 0.0161. The maximum Gasteiger partial charge on any atom is 0.217 e. The zero-order valence-corrected chi connectivity index (χ0v) is 17.1. The van der Waals surface area contributed by atoms with Crippen LogP contribution in [0.25, 0.3) is 11.1 Å². The third-order valence-electron chi connectivity index (χ3n) is 5.26. The molecule has 1 amide bonds. The molecule has 0 aromatic heterocycles. The Morgan fingerprint density at radius 1 is 1.00 bits per heavy atom. The van der Waals surface area contributed by atoms with Crippen molar-refractivity contribution in [1.82, 2.24) is 10.2 Å². The van der Waals surface area contributed by atoms with E-state index in [4.69, 9.17) is 4.74 Å². The Labute approximate surface area is 168 Å². The van der Waals surface area contributed by atoms with E-state index in [0.29, 0.717) is 0 Å². The first kappa shape index (κ1) is 20.4. The summed E-state index contributed by atoms with van der Waals surface area (Å²) >= 11 is 0. The number of rotatable bonds is 8. The highest BCUT2D eigenvalue weighted by Gasteiger charge is 2.09. The maximum atomic E-state index is 11.1. The van der Waals surface area contributed by atoms with Crippen molar-refractivity contribution in [3.8, 4) is 16.9 Å². The summed E-state index contributed by atoms with van der Waals surface area (Å²) in [7, 11) is 0. The molecule has 1 unspecified atom stereocenters. The van der Waals surface area contributed by atoms with Gasteiger partial charge in [-0.15, -0.1) is 0 Å². The zero-order chi connectivity index (χ0) is 19.8. The number of amides is 1. The highest BCUT2D eigenvalue weighted by Crippen LogP contribution is 2.23.